The van der Waals surface area contributed by atoms with Crippen LogP contribution in [0.1, 0.15) is 22.0 Å². The first kappa shape index (κ1) is 21.5. The maximum Gasteiger partial charge on any atom is 0.338 e. The lowest BCUT2D eigenvalue weighted by molar-refractivity contribution is -0.384. The van der Waals surface area contributed by atoms with Crippen LogP contribution in [0.5, 0.6) is 0 Å². The molecule has 1 N–H and O–H groups in total. The van der Waals surface area contributed by atoms with E-state index in [-0.39, 0.29) is 17.9 Å². The molecule has 8 heteroatoms. The number of non-ortho nitro benzene ring substituents is 1. The van der Waals surface area contributed by atoms with Crippen LogP contribution in [-0.4, -0.2) is 33.3 Å². The monoisotopic (exact) mass is 450 g/mol. The van der Waals surface area contributed by atoms with E-state index in [2.05, 4.69) is 0 Å². The third-order valence-corrected chi connectivity index (χ3v) is 5.42. The first-order valence-electron chi connectivity index (χ1n) is 9.85. The number of ether oxygens (including phenoxy) is 1. The van der Waals surface area contributed by atoms with E-state index in [1.54, 1.807) is 6.07 Å². The van der Waals surface area contributed by atoms with Crippen molar-refractivity contribution in [3.8, 4) is 0 Å². The molecule has 0 fully saturated rings. The highest BCUT2D eigenvalue weighted by atomic mass is 35.5. The van der Waals surface area contributed by atoms with Crippen molar-refractivity contribution in [1.82, 2.24) is 4.57 Å². The van der Waals surface area contributed by atoms with Crippen LogP contribution in [-0.2, 0) is 4.74 Å². The van der Waals surface area contributed by atoms with Crippen LogP contribution in [0.3, 0.4) is 0 Å². The molecule has 0 saturated heterocycles. The fourth-order valence-electron chi connectivity index (χ4n) is 3.65. The number of rotatable bonds is 7. The molecule has 0 aliphatic carbocycles. The summed E-state index contributed by atoms with van der Waals surface area (Å²) in [5.41, 5.74) is 1.77. The molecule has 0 spiro atoms. The van der Waals surface area contributed by atoms with Crippen molar-refractivity contribution in [1.29, 1.82) is 0 Å². The minimum atomic E-state index is -1.05. The van der Waals surface area contributed by atoms with E-state index in [1.165, 1.54) is 24.3 Å². The van der Waals surface area contributed by atoms with Gasteiger partial charge in [-0.05, 0) is 42.0 Å². The first-order chi connectivity index (χ1) is 15.4. The number of aliphatic hydroxyl groups excluding tert-OH is 1. The Kier molecular flexibility index (Phi) is 6.20. The van der Waals surface area contributed by atoms with Crippen LogP contribution in [0, 0.1) is 10.1 Å². The fraction of sp³-hybridized carbons (Fsp3) is 0.125. The SMILES string of the molecule is O=C(OCC(O)C(c1ccccc1)n1ccc2cc(Cl)ccc21)c1ccc([N+](=O)[O-])cc1. The maximum atomic E-state index is 12.4. The van der Waals surface area contributed by atoms with E-state index in [4.69, 9.17) is 16.3 Å². The minimum absolute atomic E-state index is 0.120. The van der Waals surface area contributed by atoms with E-state index < -0.39 is 23.0 Å². The Labute approximate surface area is 188 Å². The number of hydrogen-bond donors (Lipinski definition) is 1. The summed E-state index contributed by atoms with van der Waals surface area (Å²) in [5.74, 6) is -0.671. The number of esters is 1. The molecule has 0 saturated carbocycles. The summed E-state index contributed by atoms with van der Waals surface area (Å²) in [4.78, 5) is 22.6. The molecule has 7 nitrogen and oxygen atoms in total. The van der Waals surface area contributed by atoms with Crippen LogP contribution in [0.2, 0.25) is 5.02 Å². The van der Waals surface area contributed by atoms with Gasteiger partial charge in [-0.1, -0.05) is 41.9 Å². The number of nitro groups is 1. The molecule has 1 heterocycles. The van der Waals surface area contributed by atoms with E-state index in [0.29, 0.717) is 5.02 Å². The molecular weight excluding hydrogens is 432 g/mol. The van der Waals surface area contributed by atoms with Gasteiger partial charge in [-0.3, -0.25) is 10.1 Å². The summed E-state index contributed by atoms with van der Waals surface area (Å²) in [6, 6.07) is 21.4. The summed E-state index contributed by atoms with van der Waals surface area (Å²) < 4.78 is 7.25. The maximum absolute atomic E-state index is 12.4. The zero-order chi connectivity index (χ0) is 22.7. The second kappa shape index (κ2) is 9.21. The Hall–Kier alpha value is -3.68. The lowest BCUT2D eigenvalue weighted by Crippen LogP contribution is -2.30. The van der Waals surface area contributed by atoms with Gasteiger partial charge in [-0.2, -0.15) is 0 Å². The number of aliphatic hydroxyl groups is 1. The van der Waals surface area contributed by atoms with Gasteiger partial charge in [0.15, 0.2) is 0 Å². The summed E-state index contributed by atoms with van der Waals surface area (Å²) in [6.45, 7) is -0.261. The Morgan fingerprint density at radius 3 is 2.47 bits per heavy atom. The molecule has 4 rings (SSSR count). The molecule has 3 aromatic carbocycles. The first-order valence-corrected chi connectivity index (χ1v) is 10.2. The third-order valence-electron chi connectivity index (χ3n) is 5.19. The standard InChI is InChI=1S/C24H19ClN2O5/c25-19-8-11-21-18(14-19)12-13-26(21)23(16-4-2-1-3-5-16)22(28)15-32-24(29)17-6-9-20(10-7-17)27(30)31/h1-14,22-23,28H,15H2. The van der Waals surface area contributed by atoms with Gasteiger partial charge >= 0.3 is 5.97 Å². The van der Waals surface area contributed by atoms with Crippen LogP contribution in [0.4, 0.5) is 5.69 Å². The van der Waals surface area contributed by atoms with Gasteiger partial charge < -0.3 is 14.4 Å². The minimum Gasteiger partial charge on any atom is -0.459 e. The Morgan fingerprint density at radius 2 is 1.78 bits per heavy atom. The van der Waals surface area contributed by atoms with Gasteiger partial charge in [0, 0.05) is 34.3 Å². The smallest absolute Gasteiger partial charge is 0.338 e. The van der Waals surface area contributed by atoms with Crippen molar-refractivity contribution in [3.05, 3.63) is 111 Å². The number of benzene rings is 3. The van der Waals surface area contributed by atoms with Gasteiger partial charge in [0.05, 0.1) is 16.5 Å². The molecule has 32 heavy (non-hydrogen) atoms. The third kappa shape index (κ3) is 4.49. The second-order valence-electron chi connectivity index (χ2n) is 7.25. The van der Waals surface area contributed by atoms with Crippen LogP contribution >= 0.6 is 11.6 Å². The summed E-state index contributed by atoms with van der Waals surface area (Å²) in [7, 11) is 0. The van der Waals surface area contributed by atoms with E-state index in [1.807, 2.05) is 59.3 Å². The fourth-order valence-corrected chi connectivity index (χ4v) is 3.83. The highest BCUT2D eigenvalue weighted by molar-refractivity contribution is 6.31. The topological polar surface area (TPSA) is 94.6 Å². The van der Waals surface area contributed by atoms with Gasteiger partial charge in [-0.25, -0.2) is 4.79 Å². The Balaban J connectivity index is 1.57. The summed E-state index contributed by atoms with van der Waals surface area (Å²) in [5, 5.41) is 23.4. The molecule has 2 unspecified atom stereocenters. The normalized spacial score (nSPS) is 12.9. The number of nitro benzene ring substituents is 1. The van der Waals surface area contributed by atoms with Crippen LogP contribution in [0.15, 0.2) is 85.1 Å². The van der Waals surface area contributed by atoms with Crippen LogP contribution < -0.4 is 0 Å². The Bertz CT molecular complexity index is 1250. The van der Waals surface area contributed by atoms with E-state index in [0.717, 1.165) is 16.5 Å². The molecule has 0 aliphatic heterocycles. The molecular formula is C24H19ClN2O5. The molecule has 4 aromatic rings. The largest absolute Gasteiger partial charge is 0.459 e. The molecule has 1 aromatic heterocycles. The van der Waals surface area contributed by atoms with Gasteiger partial charge in [-0.15, -0.1) is 0 Å². The number of carbonyl (C=O) groups is 1. The molecule has 0 aliphatic rings. The zero-order valence-electron chi connectivity index (χ0n) is 16.8. The number of nitrogens with zero attached hydrogens (tertiary/aromatic N) is 2. The highest BCUT2D eigenvalue weighted by Crippen LogP contribution is 2.29. The Morgan fingerprint density at radius 1 is 1.06 bits per heavy atom. The van der Waals surface area contributed by atoms with E-state index >= 15 is 0 Å². The van der Waals surface area contributed by atoms with Gasteiger partial charge in [0.25, 0.3) is 5.69 Å². The number of fused-ring (bicyclic) bond motifs is 1. The lowest BCUT2D eigenvalue weighted by Gasteiger charge is -2.26. The lowest BCUT2D eigenvalue weighted by atomic mass is 10.0. The van der Waals surface area contributed by atoms with Crippen molar-refractivity contribution >= 4 is 34.2 Å². The van der Waals surface area contributed by atoms with Gasteiger partial charge in [0.1, 0.15) is 12.7 Å². The number of hydrogen-bond acceptors (Lipinski definition) is 5. The highest BCUT2D eigenvalue weighted by Gasteiger charge is 2.26. The molecule has 0 bridgehead atoms. The van der Waals surface area contributed by atoms with Crippen LogP contribution in [0.25, 0.3) is 10.9 Å². The molecule has 2 atom stereocenters. The van der Waals surface area contributed by atoms with Crippen molar-refractivity contribution in [2.45, 2.75) is 12.1 Å². The summed E-state index contributed by atoms with van der Waals surface area (Å²) >= 11 is 6.10. The number of aromatic nitrogens is 1. The molecule has 0 amide bonds. The molecule has 162 valence electrons. The quantitative estimate of drug-likeness (QED) is 0.242. The summed E-state index contributed by atoms with van der Waals surface area (Å²) in [6.07, 6.45) is 0.811. The molecule has 0 radical (unpaired) electrons. The van der Waals surface area contributed by atoms with Gasteiger partial charge in [0.2, 0.25) is 0 Å². The number of carbonyl (C=O) groups excluding carboxylic acids is 1. The average molecular weight is 451 g/mol. The predicted molar refractivity (Wildman–Crippen MR) is 121 cm³/mol. The predicted octanol–water partition coefficient (Wildman–Crippen LogP) is 5.01. The average Bonchev–Trinajstić information content (AvgIpc) is 3.21. The van der Waals surface area contributed by atoms with Crippen molar-refractivity contribution in [2.24, 2.45) is 0 Å². The van der Waals surface area contributed by atoms with Crippen molar-refractivity contribution in [3.63, 3.8) is 0 Å². The van der Waals surface area contributed by atoms with Crippen molar-refractivity contribution < 1.29 is 19.6 Å². The van der Waals surface area contributed by atoms with Crippen molar-refractivity contribution in [2.75, 3.05) is 6.61 Å². The second-order valence-corrected chi connectivity index (χ2v) is 7.69. The number of halogens is 1. The zero-order valence-corrected chi connectivity index (χ0v) is 17.6. The van der Waals surface area contributed by atoms with E-state index in [9.17, 15) is 20.0 Å².